The summed E-state index contributed by atoms with van der Waals surface area (Å²) in [5.74, 6) is -1.91. The average Bonchev–Trinajstić information content (AvgIpc) is 2.98. The fourth-order valence-corrected chi connectivity index (χ4v) is 2.67. The van der Waals surface area contributed by atoms with Crippen molar-refractivity contribution in [2.45, 2.75) is 31.7 Å². The Bertz CT molecular complexity index is 547. The molecule has 1 fully saturated rings. The molecule has 0 radical (unpaired) electrons. The third-order valence-corrected chi connectivity index (χ3v) is 3.75. The molecule has 0 unspecified atom stereocenters. The molecule has 2 rings (SSSR count). The molecule has 1 aliphatic rings. The number of amides is 2. The summed E-state index contributed by atoms with van der Waals surface area (Å²) >= 11 is 0. The Balaban J connectivity index is 2.20. The second-order valence-electron chi connectivity index (χ2n) is 5.21. The number of aliphatic carboxylic acids is 1. The highest BCUT2D eigenvalue weighted by Crippen LogP contribution is 2.24. The van der Waals surface area contributed by atoms with Gasteiger partial charge in [-0.1, -0.05) is 12.8 Å². The third kappa shape index (κ3) is 3.59. The van der Waals surface area contributed by atoms with E-state index in [4.69, 9.17) is 10.8 Å². The summed E-state index contributed by atoms with van der Waals surface area (Å²) in [6.07, 6.45) is 3.68. The SMILES string of the molecule is NC(=O)c1ccc(C(=O)N(CC(=O)O)C2CCCC2)cc1. The Morgan fingerprint density at radius 2 is 1.62 bits per heavy atom. The first-order chi connectivity index (χ1) is 9.99. The van der Waals surface area contributed by atoms with Gasteiger partial charge in [0, 0.05) is 17.2 Å². The number of primary amides is 1. The Hall–Kier alpha value is -2.37. The molecule has 3 N–H and O–H groups in total. The molecule has 1 aromatic carbocycles. The van der Waals surface area contributed by atoms with Crippen molar-refractivity contribution in [2.75, 3.05) is 6.54 Å². The lowest BCUT2D eigenvalue weighted by Crippen LogP contribution is -2.42. The van der Waals surface area contributed by atoms with E-state index >= 15 is 0 Å². The van der Waals surface area contributed by atoms with Crippen molar-refractivity contribution < 1.29 is 19.5 Å². The smallest absolute Gasteiger partial charge is 0.323 e. The minimum atomic E-state index is -1.02. The van der Waals surface area contributed by atoms with Crippen LogP contribution in [0, 0.1) is 0 Å². The molecule has 0 bridgehead atoms. The number of benzene rings is 1. The first kappa shape index (κ1) is 15.0. The maximum absolute atomic E-state index is 12.5. The Labute approximate surface area is 122 Å². The van der Waals surface area contributed by atoms with E-state index in [-0.39, 0.29) is 18.5 Å². The normalized spacial score (nSPS) is 14.9. The maximum Gasteiger partial charge on any atom is 0.323 e. The first-order valence-corrected chi connectivity index (χ1v) is 6.91. The number of carbonyl (C=O) groups is 3. The molecule has 112 valence electrons. The second-order valence-corrected chi connectivity index (χ2v) is 5.21. The highest BCUT2D eigenvalue weighted by atomic mass is 16.4. The van der Waals surface area contributed by atoms with Gasteiger partial charge in [0.25, 0.3) is 5.91 Å². The van der Waals surface area contributed by atoms with E-state index in [9.17, 15) is 14.4 Å². The van der Waals surface area contributed by atoms with Gasteiger partial charge in [0.2, 0.25) is 5.91 Å². The van der Waals surface area contributed by atoms with Crippen LogP contribution in [0.2, 0.25) is 0 Å². The van der Waals surface area contributed by atoms with Crippen molar-refractivity contribution >= 4 is 17.8 Å². The summed E-state index contributed by atoms with van der Waals surface area (Å²) in [5, 5.41) is 9.00. The maximum atomic E-state index is 12.5. The van der Waals surface area contributed by atoms with Crippen molar-refractivity contribution in [3.05, 3.63) is 35.4 Å². The Kier molecular flexibility index (Phi) is 4.57. The number of hydrogen-bond donors (Lipinski definition) is 2. The molecule has 1 saturated carbocycles. The number of nitrogens with two attached hydrogens (primary N) is 1. The van der Waals surface area contributed by atoms with Crippen LogP contribution in [-0.4, -0.2) is 40.4 Å². The minimum Gasteiger partial charge on any atom is -0.480 e. The number of carboxylic acid groups (broad SMARTS) is 1. The molecule has 0 saturated heterocycles. The third-order valence-electron chi connectivity index (χ3n) is 3.75. The number of hydrogen-bond acceptors (Lipinski definition) is 3. The molecule has 0 aromatic heterocycles. The molecule has 2 amide bonds. The highest BCUT2D eigenvalue weighted by molar-refractivity contribution is 5.98. The van der Waals surface area contributed by atoms with E-state index in [0.717, 1.165) is 25.7 Å². The van der Waals surface area contributed by atoms with Gasteiger partial charge in [0.15, 0.2) is 0 Å². The van der Waals surface area contributed by atoms with E-state index in [2.05, 4.69) is 0 Å². The number of rotatable bonds is 5. The summed E-state index contributed by atoms with van der Waals surface area (Å²) in [6, 6.07) is 5.94. The summed E-state index contributed by atoms with van der Waals surface area (Å²) in [7, 11) is 0. The molecule has 21 heavy (non-hydrogen) atoms. The molecule has 0 atom stereocenters. The first-order valence-electron chi connectivity index (χ1n) is 6.91. The van der Waals surface area contributed by atoms with Gasteiger partial charge >= 0.3 is 5.97 Å². The lowest BCUT2D eigenvalue weighted by molar-refractivity contribution is -0.138. The van der Waals surface area contributed by atoms with Crippen molar-refractivity contribution in [1.29, 1.82) is 0 Å². The largest absolute Gasteiger partial charge is 0.480 e. The van der Waals surface area contributed by atoms with Crippen molar-refractivity contribution in [3.8, 4) is 0 Å². The van der Waals surface area contributed by atoms with Gasteiger partial charge in [0.1, 0.15) is 6.54 Å². The quantitative estimate of drug-likeness (QED) is 0.852. The molecule has 0 heterocycles. The van der Waals surface area contributed by atoms with Crippen LogP contribution < -0.4 is 5.73 Å². The van der Waals surface area contributed by atoms with Crippen LogP contribution >= 0.6 is 0 Å². The van der Waals surface area contributed by atoms with E-state index in [1.54, 1.807) is 0 Å². The fourth-order valence-electron chi connectivity index (χ4n) is 2.67. The van der Waals surface area contributed by atoms with Gasteiger partial charge in [-0.25, -0.2) is 0 Å². The van der Waals surface area contributed by atoms with Crippen LogP contribution in [0.4, 0.5) is 0 Å². The van der Waals surface area contributed by atoms with Crippen LogP contribution in [0.3, 0.4) is 0 Å². The number of carboxylic acids is 1. The van der Waals surface area contributed by atoms with E-state index < -0.39 is 11.9 Å². The fraction of sp³-hybridized carbons (Fsp3) is 0.400. The molecular weight excluding hydrogens is 272 g/mol. The summed E-state index contributed by atoms with van der Waals surface area (Å²) in [5.41, 5.74) is 5.84. The summed E-state index contributed by atoms with van der Waals surface area (Å²) in [6.45, 7) is -0.304. The number of nitrogens with zero attached hydrogens (tertiary/aromatic N) is 1. The van der Waals surface area contributed by atoms with E-state index in [1.165, 1.54) is 29.2 Å². The van der Waals surface area contributed by atoms with Crippen LogP contribution in [0.25, 0.3) is 0 Å². The topological polar surface area (TPSA) is 101 Å². The minimum absolute atomic E-state index is 0.0237. The molecule has 1 aliphatic carbocycles. The summed E-state index contributed by atoms with van der Waals surface area (Å²) in [4.78, 5) is 35.9. The van der Waals surface area contributed by atoms with E-state index in [0.29, 0.717) is 11.1 Å². The molecule has 6 nitrogen and oxygen atoms in total. The zero-order chi connectivity index (χ0) is 15.4. The zero-order valence-corrected chi connectivity index (χ0v) is 11.6. The Morgan fingerprint density at radius 1 is 1.10 bits per heavy atom. The van der Waals surface area contributed by atoms with Gasteiger partial charge in [-0.05, 0) is 37.1 Å². The van der Waals surface area contributed by atoms with Gasteiger partial charge < -0.3 is 15.7 Å². The van der Waals surface area contributed by atoms with Crippen LogP contribution in [-0.2, 0) is 4.79 Å². The van der Waals surface area contributed by atoms with Gasteiger partial charge in [0.05, 0.1) is 0 Å². The van der Waals surface area contributed by atoms with E-state index in [1.807, 2.05) is 0 Å². The van der Waals surface area contributed by atoms with Crippen LogP contribution in [0.15, 0.2) is 24.3 Å². The van der Waals surface area contributed by atoms with Crippen molar-refractivity contribution in [2.24, 2.45) is 5.73 Å². The lowest BCUT2D eigenvalue weighted by Gasteiger charge is -2.27. The summed E-state index contributed by atoms with van der Waals surface area (Å²) < 4.78 is 0. The molecule has 0 aliphatic heterocycles. The average molecular weight is 290 g/mol. The predicted octanol–water partition coefficient (Wildman–Crippen LogP) is 1.25. The molecular formula is C15H18N2O4. The van der Waals surface area contributed by atoms with Crippen LogP contribution in [0.1, 0.15) is 46.4 Å². The van der Waals surface area contributed by atoms with Gasteiger partial charge in [-0.2, -0.15) is 0 Å². The zero-order valence-electron chi connectivity index (χ0n) is 11.6. The van der Waals surface area contributed by atoms with Crippen LogP contribution in [0.5, 0.6) is 0 Å². The molecule has 0 spiro atoms. The number of carbonyl (C=O) groups excluding carboxylic acids is 2. The predicted molar refractivity (Wildman–Crippen MR) is 75.9 cm³/mol. The highest BCUT2D eigenvalue weighted by Gasteiger charge is 2.29. The standard InChI is InChI=1S/C15H18N2O4/c16-14(20)10-5-7-11(8-6-10)15(21)17(9-13(18)19)12-3-1-2-4-12/h5-8,12H,1-4,9H2,(H2,16,20)(H,18,19). The lowest BCUT2D eigenvalue weighted by atomic mass is 10.1. The molecule has 1 aromatic rings. The monoisotopic (exact) mass is 290 g/mol. The van der Waals surface area contributed by atoms with Gasteiger partial charge in [-0.3, -0.25) is 14.4 Å². The van der Waals surface area contributed by atoms with Crippen molar-refractivity contribution in [3.63, 3.8) is 0 Å². The van der Waals surface area contributed by atoms with Gasteiger partial charge in [-0.15, -0.1) is 0 Å². The molecule has 6 heteroatoms. The van der Waals surface area contributed by atoms with Crippen molar-refractivity contribution in [1.82, 2.24) is 4.90 Å². The second kappa shape index (κ2) is 6.39. The Morgan fingerprint density at radius 3 is 2.10 bits per heavy atom.